The van der Waals surface area contributed by atoms with E-state index in [9.17, 15) is 22.8 Å². The smallest absolute Gasteiger partial charge is 0.368 e. The third-order valence-electron chi connectivity index (χ3n) is 2.74. The highest BCUT2D eigenvalue weighted by molar-refractivity contribution is 5.83. The zero-order chi connectivity index (χ0) is 14.5. The molecule has 0 saturated carbocycles. The zero-order valence-electron chi connectivity index (χ0n) is 10.3. The molecule has 0 spiro atoms. The molecule has 3 amide bonds. The van der Waals surface area contributed by atoms with E-state index in [4.69, 9.17) is 5.73 Å². The van der Waals surface area contributed by atoms with Gasteiger partial charge in [-0.3, -0.25) is 4.79 Å². The van der Waals surface area contributed by atoms with Crippen LogP contribution in [-0.2, 0) is 4.79 Å². The summed E-state index contributed by atoms with van der Waals surface area (Å²) in [6.07, 6.45) is -3.08. The molecule has 0 aromatic rings. The fourth-order valence-electron chi connectivity index (χ4n) is 1.91. The summed E-state index contributed by atoms with van der Waals surface area (Å²) < 4.78 is 36.1. The van der Waals surface area contributed by atoms with Crippen molar-refractivity contribution in [3.05, 3.63) is 0 Å². The maximum atomic E-state index is 12.0. The van der Waals surface area contributed by atoms with Gasteiger partial charge in [-0.1, -0.05) is 0 Å². The number of alkyl halides is 3. The molecular formula is C10H17F3N4O2. The fraction of sp³-hybridized carbons (Fsp3) is 0.800. The summed E-state index contributed by atoms with van der Waals surface area (Å²) in [7, 11) is 0. The van der Waals surface area contributed by atoms with Crippen molar-refractivity contribution in [1.82, 2.24) is 15.5 Å². The van der Waals surface area contributed by atoms with Crippen molar-refractivity contribution in [1.29, 1.82) is 0 Å². The highest BCUT2D eigenvalue weighted by atomic mass is 19.4. The number of carbonyl (C=O) groups is 2. The first kappa shape index (κ1) is 15.5. The lowest BCUT2D eigenvalue weighted by Gasteiger charge is -2.33. The average molecular weight is 282 g/mol. The van der Waals surface area contributed by atoms with Gasteiger partial charge in [-0.05, 0) is 19.4 Å². The number of halogens is 3. The molecule has 1 heterocycles. The zero-order valence-corrected chi connectivity index (χ0v) is 10.3. The van der Waals surface area contributed by atoms with Gasteiger partial charge in [0.2, 0.25) is 5.91 Å². The minimum Gasteiger partial charge on any atom is -0.368 e. The lowest BCUT2D eigenvalue weighted by atomic mass is 10.1. The molecular weight excluding hydrogens is 265 g/mol. The first-order chi connectivity index (χ1) is 8.79. The van der Waals surface area contributed by atoms with Gasteiger partial charge in [0.1, 0.15) is 13.1 Å². The first-order valence-electron chi connectivity index (χ1n) is 5.90. The van der Waals surface area contributed by atoms with Gasteiger partial charge in [0, 0.05) is 12.6 Å². The molecule has 0 aromatic carbocycles. The van der Waals surface area contributed by atoms with Crippen LogP contribution in [0.4, 0.5) is 18.0 Å². The van der Waals surface area contributed by atoms with Crippen LogP contribution in [0.5, 0.6) is 0 Å². The highest BCUT2D eigenvalue weighted by Gasteiger charge is 2.31. The second kappa shape index (κ2) is 6.60. The van der Waals surface area contributed by atoms with Crippen molar-refractivity contribution >= 4 is 11.9 Å². The molecule has 0 aliphatic carbocycles. The van der Waals surface area contributed by atoms with Crippen molar-refractivity contribution in [2.45, 2.75) is 25.1 Å². The Balaban J connectivity index is 2.61. The molecule has 1 aliphatic heterocycles. The predicted molar refractivity (Wildman–Crippen MR) is 61.2 cm³/mol. The number of nitrogens with one attached hydrogen (secondary N) is 2. The fourth-order valence-corrected chi connectivity index (χ4v) is 1.91. The lowest BCUT2D eigenvalue weighted by Crippen LogP contribution is -2.55. The van der Waals surface area contributed by atoms with Crippen LogP contribution < -0.4 is 16.4 Å². The Bertz CT molecular complexity index is 329. The molecule has 1 fully saturated rings. The number of amides is 3. The van der Waals surface area contributed by atoms with Gasteiger partial charge in [-0.25, -0.2) is 4.79 Å². The third-order valence-corrected chi connectivity index (χ3v) is 2.74. The second-order valence-corrected chi connectivity index (χ2v) is 4.37. The summed E-state index contributed by atoms with van der Waals surface area (Å²) in [4.78, 5) is 23.7. The van der Waals surface area contributed by atoms with Crippen molar-refractivity contribution < 1.29 is 22.8 Å². The molecule has 1 unspecified atom stereocenters. The summed E-state index contributed by atoms with van der Waals surface area (Å²) in [5.74, 6) is -0.757. The topological polar surface area (TPSA) is 87.5 Å². The SMILES string of the molecule is NC(=O)CN(C(=O)NCC(F)(F)F)C1CCCNC1. The molecule has 1 atom stereocenters. The Hall–Kier alpha value is -1.51. The van der Waals surface area contributed by atoms with E-state index in [0.29, 0.717) is 13.0 Å². The van der Waals surface area contributed by atoms with Crippen molar-refractivity contribution in [3.63, 3.8) is 0 Å². The highest BCUT2D eigenvalue weighted by Crippen LogP contribution is 2.14. The number of carbonyl (C=O) groups excluding carboxylic acids is 2. The summed E-state index contributed by atoms with van der Waals surface area (Å²) in [5.41, 5.74) is 5.02. The molecule has 1 rings (SSSR count). The summed E-state index contributed by atoms with van der Waals surface area (Å²) >= 11 is 0. The minimum atomic E-state index is -4.49. The molecule has 0 aromatic heterocycles. The number of primary amides is 1. The molecule has 0 radical (unpaired) electrons. The van der Waals surface area contributed by atoms with E-state index < -0.39 is 31.2 Å². The Labute approximate surface area is 108 Å². The normalized spacial score (nSPS) is 19.8. The van der Waals surface area contributed by atoms with E-state index in [-0.39, 0.29) is 6.04 Å². The number of nitrogens with zero attached hydrogens (tertiary/aromatic N) is 1. The van der Waals surface area contributed by atoms with Crippen LogP contribution in [0.3, 0.4) is 0 Å². The van der Waals surface area contributed by atoms with Crippen LogP contribution in [0.15, 0.2) is 0 Å². The molecule has 9 heteroatoms. The maximum absolute atomic E-state index is 12.0. The number of piperidine rings is 1. The van der Waals surface area contributed by atoms with E-state index in [1.165, 1.54) is 0 Å². The first-order valence-corrected chi connectivity index (χ1v) is 5.90. The van der Waals surface area contributed by atoms with E-state index >= 15 is 0 Å². The van der Waals surface area contributed by atoms with Crippen LogP contribution in [0.1, 0.15) is 12.8 Å². The van der Waals surface area contributed by atoms with Gasteiger partial charge >= 0.3 is 12.2 Å². The summed E-state index contributed by atoms with van der Waals surface area (Å²) in [6.45, 7) is -0.602. The Morgan fingerprint density at radius 1 is 1.42 bits per heavy atom. The molecule has 1 aliphatic rings. The molecule has 6 nitrogen and oxygen atoms in total. The number of hydrogen-bond donors (Lipinski definition) is 3. The molecule has 1 saturated heterocycles. The number of nitrogens with two attached hydrogens (primary N) is 1. The molecule has 4 N–H and O–H groups in total. The van der Waals surface area contributed by atoms with Crippen molar-refractivity contribution in [3.8, 4) is 0 Å². The predicted octanol–water partition coefficient (Wildman–Crippen LogP) is -0.202. The van der Waals surface area contributed by atoms with E-state index in [1.54, 1.807) is 5.32 Å². The van der Waals surface area contributed by atoms with Gasteiger partial charge in [-0.15, -0.1) is 0 Å². The van der Waals surface area contributed by atoms with Crippen molar-refractivity contribution in [2.75, 3.05) is 26.2 Å². The average Bonchev–Trinajstić information content (AvgIpc) is 2.33. The molecule has 19 heavy (non-hydrogen) atoms. The lowest BCUT2D eigenvalue weighted by molar-refractivity contribution is -0.123. The maximum Gasteiger partial charge on any atom is 0.405 e. The third kappa shape index (κ3) is 5.77. The summed E-state index contributed by atoms with van der Waals surface area (Å²) in [6, 6.07) is -1.25. The van der Waals surface area contributed by atoms with E-state index in [2.05, 4.69) is 5.32 Å². The van der Waals surface area contributed by atoms with Gasteiger partial charge in [0.25, 0.3) is 0 Å². The Morgan fingerprint density at radius 2 is 2.11 bits per heavy atom. The molecule has 110 valence electrons. The van der Waals surface area contributed by atoms with Gasteiger partial charge in [-0.2, -0.15) is 13.2 Å². The monoisotopic (exact) mass is 282 g/mol. The van der Waals surface area contributed by atoms with Gasteiger partial charge < -0.3 is 21.3 Å². The standard InChI is InChI=1S/C10H17F3N4O2/c11-10(12,13)6-16-9(19)17(5-8(14)18)7-2-1-3-15-4-7/h7,15H,1-6H2,(H2,14,18)(H,16,19). The Kier molecular flexibility index (Phi) is 5.40. The minimum absolute atomic E-state index is 0.325. The second-order valence-electron chi connectivity index (χ2n) is 4.37. The quantitative estimate of drug-likeness (QED) is 0.667. The van der Waals surface area contributed by atoms with Crippen LogP contribution >= 0.6 is 0 Å². The van der Waals surface area contributed by atoms with Crippen LogP contribution in [-0.4, -0.2) is 55.2 Å². The largest absolute Gasteiger partial charge is 0.405 e. The molecule has 0 bridgehead atoms. The Morgan fingerprint density at radius 3 is 2.58 bits per heavy atom. The number of rotatable bonds is 4. The van der Waals surface area contributed by atoms with E-state index in [1.807, 2.05) is 0 Å². The number of urea groups is 1. The number of hydrogen-bond acceptors (Lipinski definition) is 3. The van der Waals surface area contributed by atoms with Gasteiger partial charge in [0.05, 0.1) is 0 Å². The van der Waals surface area contributed by atoms with Crippen LogP contribution in [0.2, 0.25) is 0 Å². The van der Waals surface area contributed by atoms with Crippen molar-refractivity contribution in [2.24, 2.45) is 5.73 Å². The van der Waals surface area contributed by atoms with Crippen LogP contribution in [0.25, 0.3) is 0 Å². The summed E-state index contributed by atoms with van der Waals surface area (Å²) in [5, 5.41) is 4.77. The van der Waals surface area contributed by atoms with Crippen LogP contribution in [0, 0.1) is 0 Å². The van der Waals surface area contributed by atoms with E-state index in [0.717, 1.165) is 17.9 Å². The van der Waals surface area contributed by atoms with Gasteiger partial charge in [0.15, 0.2) is 0 Å².